The van der Waals surface area contributed by atoms with E-state index in [1.54, 1.807) is 30.6 Å². The fraction of sp³-hybridized carbons (Fsp3) is 0.333. The molecule has 0 aliphatic rings. The molecule has 1 amide bonds. The van der Waals surface area contributed by atoms with Gasteiger partial charge in [0.2, 0.25) is 5.91 Å². The zero-order chi connectivity index (χ0) is 17.6. The van der Waals surface area contributed by atoms with Gasteiger partial charge in [-0.25, -0.2) is 0 Å². The summed E-state index contributed by atoms with van der Waals surface area (Å²) >= 11 is 0. The summed E-state index contributed by atoms with van der Waals surface area (Å²) in [6, 6.07) is 11.2. The molecule has 0 spiro atoms. The van der Waals surface area contributed by atoms with Crippen LogP contribution in [0.1, 0.15) is 23.5 Å². The fourth-order valence-electron chi connectivity index (χ4n) is 2.41. The van der Waals surface area contributed by atoms with Gasteiger partial charge in [0.15, 0.2) is 0 Å². The van der Waals surface area contributed by atoms with E-state index in [4.69, 9.17) is 0 Å². The first-order valence-corrected chi connectivity index (χ1v) is 7.62. The lowest BCUT2D eigenvalue weighted by molar-refractivity contribution is -0.160. The Bertz CT molecular complexity index is 644. The Kier molecular flexibility index (Phi) is 5.95. The van der Waals surface area contributed by atoms with E-state index in [1.165, 1.54) is 24.1 Å². The minimum atomic E-state index is -4.46. The van der Waals surface area contributed by atoms with Gasteiger partial charge >= 0.3 is 6.18 Å². The first kappa shape index (κ1) is 18.0. The number of likely N-dealkylation sites (N-methyl/N-ethyl adjacent to an activating group) is 1. The minimum Gasteiger partial charge on any atom is -0.345 e. The minimum absolute atomic E-state index is 0.112. The van der Waals surface area contributed by atoms with Crippen LogP contribution in [0.5, 0.6) is 0 Å². The van der Waals surface area contributed by atoms with E-state index in [0.717, 1.165) is 5.56 Å². The second kappa shape index (κ2) is 7.95. The molecule has 2 rings (SSSR count). The molecule has 1 heterocycles. The van der Waals surface area contributed by atoms with Gasteiger partial charge in [0.05, 0.1) is 5.92 Å². The topological polar surface area (TPSA) is 33.2 Å². The van der Waals surface area contributed by atoms with Crippen LogP contribution in [0, 0.1) is 0 Å². The Balaban J connectivity index is 1.99. The molecule has 0 unspecified atom stereocenters. The number of rotatable bonds is 6. The van der Waals surface area contributed by atoms with Gasteiger partial charge in [-0.05, 0) is 29.7 Å². The second-order valence-electron chi connectivity index (χ2n) is 5.63. The number of aromatic nitrogens is 1. The van der Waals surface area contributed by atoms with E-state index in [-0.39, 0.29) is 5.56 Å². The lowest BCUT2D eigenvalue weighted by Crippen LogP contribution is -2.33. The van der Waals surface area contributed by atoms with Crippen molar-refractivity contribution < 1.29 is 18.0 Å². The molecule has 0 radical (unpaired) electrons. The van der Waals surface area contributed by atoms with Crippen LogP contribution >= 0.6 is 0 Å². The number of hydrogen-bond donors (Lipinski definition) is 0. The summed E-state index contributed by atoms with van der Waals surface area (Å²) in [4.78, 5) is 17.5. The van der Waals surface area contributed by atoms with Gasteiger partial charge in [-0.15, -0.1) is 0 Å². The molecule has 2 aromatic rings. The Labute approximate surface area is 139 Å². The normalized spacial score (nSPS) is 12.7. The van der Waals surface area contributed by atoms with Crippen molar-refractivity contribution in [1.82, 2.24) is 9.88 Å². The summed E-state index contributed by atoms with van der Waals surface area (Å²) in [7, 11) is 1.53. The fourth-order valence-corrected chi connectivity index (χ4v) is 2.41. The first-order valence-electron chi connectivity index (χ1n) is 7.62. The molecule has 0 N–H and O–H groups in total. The van der Waals surface area contributed by atoms with Crippen LogP contribution in [-0.2, 0) is 11.2 Å². The quantitative estimate of drug-likeness (QED) is 0.803. The molecule has 0 saturated heterocycles. The number of hydrogen-bond acceptors (Lipinski definition) is 2. The molecule has 1 aromatic heterocycles. The van der Waals surface area contributed by atoms with Crippen molar-refractivity contribution in [2.75, 3.05) is 13.6 Å². The predicted molar refractivity (Wildman–Crippen MR) is 85.4 cm³/mol. The maximum atomic E-state index is 13.3. The first-order chi connectivity index (χ1) is 11.4. The summed E-state index contributed by atoms with van der Waals surface area (Å²) < 4.78 is 39.9. The van der Waals surface area contributed by atoms with Gasteiger partial charge in [0.1, 0.15) is 0 Å². The summed E-state index contributed by atoms with van der Waals surface area (Å²) in [6.07, 6.45) is -1.17. The number of benzene rings is 1. The largest absolute Gasteiger partial charge is 0.396 e. The van der Waals surface area contributed by atoms with Gasteiger partial charge in [-0.1, -0.05) is 30.3 Å². The van der Waals surface area contributed by atoms with Gasteiger partial charge in [0.25, 0.3) is 0 Å². The van der Waals surface area contributed by atoms with Crippen LogP contribution in [0.15, 0.2) is 54.9 Å². The highest BCUT2D eigenvalue weighted by molar-refractivity contribution is 5.77. The number of amides is 1. The van der Waals surface area contributed by atoms with E-state index in [0.29, 0.717) is 13.0 Å². The van der Waals surface area contributed by atoms with Gasteiger partial charge in [-0.3, -0.25) is 9.78 Å². The van der Waals surface area contributed by atoms with Crippen LogP contribution in [0.4, 0.5) is 13.2 Å². The molecular weight excluding hydrogens is 317 g/mol. The van der Waals surface area contributed by atoms with Crippen molar-refractivity contribution in [3.05, 3.63) is 66.0 Å². The molecular formula is C18H19F3N2O. The molecule has 1 atom stereocenters. The number of carbonyl (C=O) groups is 1. The molecule has 0 fully saturated rings. The molecule has 0 aliphatic heterocycles. The zero-order valence-electron chi connectivity index (χ0n) is 13.3. The highest BCUT2D eigenvalue weighted by atomic mass is 19.4. The lowest BCUT2D eigenvalue weighted by Gasteiger charge is -2.24. The molecule has 24 heavy (non-hydrogen) atoms. The molecule has 0 bridgehead atoms. The average Bonchev–Trinajstić information content (AvgIpc) is 2.58. The van der Waals surface area contributed by atoms with Crippen molar-refractivity contribution >= 4 is 5.91 Å². The maximum absolute atomic E-state index is 13.3. The summed E-state index contributed by atoms with van der Waals surface area (Å²) in [5.41, 5.74) is 1.10. The Morgan fingerprint density at radius 2 is 1.75 bits per heavy atom. The van der Waals surface area contributed by atoms with Crippen molar-refractivity contribution in [3.8, 4) is 0 Å². The molecule has 1 aromatic carbocycles. The van der Waals surface area contributed by atoms with Gasteiger partial charge in [0, 0.05) is 32.4 Å². The van der Waals surface area contributed by atoms with E-state index in [2.05, 4.69) is 4.98 Å². The second-order valence-corrected chi connectivity index (χ2v) is 5.63. The van der Waals surface area contributed by atoms with Crippen LogP contribution in [-0.4, -0.2) is 35.6 Å². The number of pyridine rings is 1. The van der Waals surface area contributed by atoms with Gasteiger partial charge in [-0.2, -0.15) is 13.2 Å². The number of alkyl halides is 3. The summed E-state index contributed by atoms with van der Waals surface area (Å²) in [5.74, 6) is -2.30. The average molecular weight is 336 g/mol. The van der Waals surface area contributed by atoms with E-state index in [9.17, 15) is 18.0 Å². The molecule has 6 heteroatoms. The third-order valence-corrected chi connectivity index (χ3v) is 3.89. The third kappa shape index (κ3) is 5.08. The number of nitrogens with zero attached hydrogens (tertiary/aromatic N) is 2. The standard InChI is InChI=1S/C18H19F3N2O/c1-23(12-9-14-7-10-22-11-8-14)17(24)13-16(18(19,20)21)15-5-3-2-4-6-15/h2-8,10-11,16H,9,12-13H2,1H3/t16-/m1/s1. The maximum Gasteiger partial charge on any atom is 0.396 e. The third-order valence-electron chi connectivity index (χ3n) is 3.89. The molecule has 0 aliphatic carbocycles. The predicted octanol–water partition coefficient (Wildman–Crippen LogP) is 3.82. The van der Waals surface area contributed by atoms with E-state index < -0.39 is 24.4 Å². The summed E-state index contributed by atoms with van der Waals surface area (Å²) in [5, 5.41) is 0. The number of halogens is 3. The Hall–Kier alpha value is -2.37. The number of carbonyl (C=O) groups excluding carboxylic acids is 1. The monoisotopic (exact) mass is 336 g/mol. The smallest absolute Gasteiger partial charge is 0.345 e. The lowest BCUT2D eigenvalue weighted by atomic mass is 9.94. The van der Waals surface area contributed by atoms with Crippen LogP contribution in [0.3, 0.4) is 0 Å². The zero-order valence-corrected chi connectivity index (χ0v) is 13.3. The van der Waals surface area contributed by atoms with Crippen LogP contribution in [0.2, 0.25) is 0 Å². The Morgan fingerprint density at radius 3 is 2.33 bits per heavy atom. The van der Waals surface area contributed by atoms with Crippen molar-refractivity contribution in [3.63, 3.8) is 0 Å². The summed E-state index contributed by atoms with van der Waals surface area (Å²) in [6.45, 7) is 0.363. The van der Waals surface area contributed by atoms with Crippen molar-refractivity contribution in [2.45, 2.75) is 24.9 Å². The molecule has 0 saturated carbocycles. The molecule has 3 nitrogen and oxygen atoms in total. The SMILES string of the molecule is CN(CCc1ccncc1)C(=O)C[C@H](c1ccccc1)C(F)(F)F. The highest BCUT2D eigenvalue weighted by Crippen LogP contribution is 2.37. The van der Waals surface area contributed by atoms with E-state index >= 15 is 0 Å². The van der Waals surface area contributed by atoms with Gasteiger partial charge < -0.3 is 4.90 Å². The van der Waals surface area contributed by atoms with Crippen LogP contribution < -0.4 is 0 Å². The van der Waals surface area contributed by atoms with Crippen molar-refractivity contribution in [2.24, 2.45) is 0 Å². The molecule has 128 valence electrons. The van der Waals surface area contributed by atoms with Crippen molar-refractivity contribution in [1.29, 1.82) is 0 Å². The van der Waals surface area contributed by atoms with Crippen LogP contribution in [0.25, 0.3) is 0 Å². The van der Waals surface area contributed by atoms with E-state index in [1.807, 2.05) is 12.1 Å². The Morgan fingerprint density at radius 1 is 1.12 bits per heavy atom. The highest BCUT2D eigenvalue weighted by Gasteiger charge is 2.42.